The second-order valence-corrected chi connectivity index (χ2v) is 5.82. The minimum absolute atomic E-state index is 0.0406. The zero-order valence-corrected chi connectivity index (χ0v) is 12.4. The average Bonchev–Trinajstić information content (AvgIpc) is 2.34. The number of piperidine rings is 1. The van der Waals surface area contributed by atoms with Crippen LogP contribution in [0.15, 0.2) is 16.6 Å². The van der Waals surface area contributed by atoms with Crippen molar-refractivity contribution in [2.24, 2.45) is 0 Å². The van der Waals surface area contributed by atoms with Gasteiger partial charge < -0.3 is 10.6 Å². The first kappa shape index (κ1) is 13.6. The molecule has 1 aromatic rings. The molecule has 0 bridgehead atoms. The van der Waals surface area contributed by atoms with Gasteiger partial charge in [0, 0.05) is 10.2 Å². The van der Waals surface area contributed by atoms with Crippen LogP contribution in [0.1, 0.15) is 30.4 Å². The molecular weight excluding hydrogens is 292 g/mol. The third-order valence-electron chi connectivity index (χ3n) is 3.37. The summed E-state index contributed by atoms with van der Waals surface area (Å²) < 4.78 is 1.05. The molecule has 0 aromatic heterocycles. The number of benzene rings is 1. The van der Waals surface area contributed by atoms with E-state index in [9.17, 15) is 4.79 Å². The number of carbonyl (C=O) groups is 1. The molecule has 3 nitrogen and oxygen atoms in total. The maximum atomic E-state index is 12.2. The Kier molecular flexibility index (Phi) is 4.40. The van der Waals surface area contributed by atoms with E-state index >= 15 is 0 Å². The summed E-state index contributed by atoms with van der Waals surface area (Å²) >= 11 is 3.46. The van der Waals surface area contributed by atoms with Gasteiger partial charge >= 0.3 is 0 Å². The molecule has 4 heteroatoms. The Morgan fingerprint density at radius 3 is 2.56 bits per heavy atom. The molecule has 98 valence electrons. The summed E-state index contributed by atoms with van der Waals surface area (Å²) in [6.45, 7) is 4.97. The molecule has 1 unspecified atom stereocenters. The number of carbonyl (C=O) groups excluding carboxylic acids is 1. The summed E-state index contributed by atoms with van der Waals surface area (Å²) in [4.78, 5) is 12.2. The van der Waals surface area contributed by atoms with Crippen LogP contribution in [-0.4, -0.2) is 18.5 Å². The van der Waals surface area contributed by atoms with E-state index in [1.807, 2.05) is 26.0 Å². The van der Waals surface area contributed by atoms with Crippen LogP contribution in [-0.2, 0) is 4.79 Å². The first-order valence-electron chi connectivity index (χ1n) is 6.39. The standard InChI is InChI=1S/C14H19BrN2O/c1-9-7-11(15)8-10(2)13(9)17-14(18)12-5-3-4-6-16-12/h7-8,12,16H,3-6H2,1-2H3,(H,17,18). The highest BCUT2D eigenvalue weighted by Gasteiger charge is 2.21. The van der Waals surface area contributed by atoms with Crippen LogP contribution in [0.3, 0.4) is 0 Å². The van der Waals surface area contributed by atoms with Crippen LogP contribution in [0.4, 0.5) is 5.69 Å². The zero-order valence-electron chi connectivity index (χ0n) is 10.8. The minimum atomic E-state index is -0.0406. The highest BCUT2D eigenvalue weighted by molar-refractivity contribution is 9.10. The third-order valence-corrected chi connectivity index (χ3v) is 3.83. The first-order valence-corrected chi connectivity index (χ1v) is 7.18. The summed E-state index contributed by atoms with van der Waals surface area (Å²) in [6, 6.07) is 4.01. The normalized spacial score (nSPS) is 19.6. The molecule has 1 atom stereocenters. The third kappa shape index (κ3) is 3.12. The van der Waals surface area contributed by atoms with Crippen molar-refractivity contribution < 1.29 is 4.79 Å². The Hall–Kier alpha value is -0.870. The van der Waals surface area contributed by atoms with Gasteiger partial charge in [-0.05, 0) is 56.5 Å². The molecule has 1 heterocycles. The van der Waals surface area contributed by atoms with E-state index in [4.69, 9.17) is 0 Å². The van der Waals surface area contributed by atoms with Crippen molar-refractivity contribution in [3.63, 3.8) is 0 Å². The van der Waals surface area contributed by atoms with E-state index in [-0.39, 0.29) is 11.9 Å². The van der Waals surface area contributed by atoms with Gasteiger partial charge in [-0.25, -0.2) is 0 Å². The minimum Gasteiger partial charge on any atom is -0.324 e. The van der Waals surface area contributed by atoms with Crippen molar-refractivity contribution in [2.45, 2.75) is 39.2 Å². The fourth-order valence-electron chi connectivity index (χ4n) is 2.39. The van der Waals surface area contributed by atoms with E-state index in [1.165, 1.54) is 6.42 Å². The topological polar surface area (TPSA) is 41.1 Å². The number of rotatable bonds is 2. The number of nitrogens with one attached hydrogen (secondary N) is 2. The van der Waals surface area contributed by atoms with Crippen molar-refractivity contribution in [1.29, 1.82) is 0 Å². The van der Waals surface area contributed by atoms with Crippen LogP contribution in [0.25, 0.3) is 0 Å². The van der Waals surface area contributed by atoms with Crippen molar-refractivity contribution in [1.82, 2.24) is 5.32 Å². The molecule has 2 rings (SSSR count). The maximum Gasteiger partial charge on any atom is 0.241 e. The molecule has 1 saturated heterocycles. The van der Waals surface area contributed by atoms with Crippen LogP contribution in [0, 0.1) is 13.8 Å². The Labute approximate surface area is 116 Å². The molecule has 1 amide bonds. The van der Waals surface area contributed by atoms with Crippen LogP contribution >= 0.6 is 15.9 Å². The van der Waals surface area contributed by atoms with Gasteiger partial charge in [0.1, 0.15) is 0 Å². The summed E-state index contributed by atoms with van der Waals surface area (Å²) in [5.41, 5.74) is 3.12. The number of anilines is 1. The molecule has 0 spiro atoms. The van der Waals surface area contributed by atoms with E-state index in [1.54, 1.807) is 0 Å². The molecule has 18 heavy (non-hydrogen) atoms. The molecule has 0 radical (unpaired) electrons. The molecule has 1 fully saturated rings. The molecule has 0 saturated carbocycles. The Morgan fingerprint density at radius 2 is 2.00 bits per heavy atom. The lowest BCUT2D eigenvalue weighted by molar-refractivity contribution is -0.118. The van der Waals surface area contributed by atoms with Gasteiger partial charge in [-0.1, -0.05) is 22.4 Å². The quantitative estimate of drug-likeness (QED) is 0.881. The number of hydrogen-bond donors (Lipinski definition) is 2. The highest BCUT2D eigenvalue weighted by atomic mass is 79.9. The summed E-state index contributed by atoms with van der Waals surface area (Å²) in [5.74, 6) is 0.0863. The second-order valence-electron chi connectivity index (χ2n) is 4.91. The number of amides is 1. The van der Waals surface area contributed by atoms with Gasteiger partial charge in [0.2, 0.25) is 5.91 Å². The van der Waals surface area contributed by atoms with Gasteiger partial charge in [0.25, 0.3) is 0 Å². The summed E-state index contributed by atoms with van der Waals surface area (Å²) in [5, 5.41) is 6.32. The molecule has 1 aromatic carbocycles. The lowest BCUT2D eigenvalue weighted by atomic mass is 10.0. The average molecular weight is 311 g/mol. The van der Waals surface area contributed by atoms with Gasteiger partial charge in [-0.3, -0.25) is 4.79 Å². The number of halogens is 1. The molecule has 0 aliphatic carbocycles. The van der Waals surface area contributed by atoms with Crippen molar-refractivity contribution >= 4 is 27.5 Å². The molecular formula is C14H19BrN2O. The summed E-state index contributed by atoms with van der Waals surface area (Å²) in [7, 11) is 0. The molecule has 1 aliphatic heterocycles. The lowest BCUT2D eigenvalue weighted by Crippen LogP contribution is -2.43. The first-order chi connectivity index (χ1) is 8.58. The van der Waals surface area contributed by atoms with Gasteiger partial charge in [-0.15, -0.1) is 0 Å². The molecule has 2 N–H and O–H groups in total. The van der Waals surface area contributed by atoms with E-state index in [0.717, 1.165) is 40.7 Å². The number of aryl methyl sites for hydroxylation is 2. The zero-order chi connectivity index (χ0) is 13.1. The number of hydrogen-bond acceptors (Lipinski definition) is 2. The Bertz CT molecular complexity index is 430. The fourth-order valence-corrected chi connectivity index (χ4v) is 3.08. The summed E-state index contributed by atoms with van der Waals surface area (Å²) in [6.07, 6.45) is 3.23. The van der Waals surface area contributed by atoms with Crippen LogP contribution < -0.4 is 10.6 Å². The van der Waals surface area contributed by atoms with E-state index < -0.39 is 0 Å². The SMILES string of the molecule is Cc1cc(Br)cc(C)c1NC(=O)C1CCCCN1. The highest BCUT2D eigenvalue weighted by Crippen LogP contribution is 2.25. The van der Waals surface area contributed by atoms with E-state index in [2.05, 4.69) is 26.6 Å². The smallest absolute Gasteiger partial charge is 0.241 e. The Morgan fingerprint density at radius 1 is 1.33 bits per heavy atom. The fraction of sp³-hybridized carbons (Fsp3) is 0.500. The molecule has 1 aliphatic rings. The van der Waals surface area contributed by atoms with Crippen molar-refractivity contribution in [3.05, 3.63) is 27.7 Å². The maximum absolute atomic E-state index is 12.2. The van der Waals surface area contributed by atoms with Gasteiger partial charge in [0.05, 0.1) is 6.04 Å². The predicted molar refractivity (Wildman–Crippen MR) is 77.9 cm³/mol. The monoisotopic (exact) mass is 310 g/mol. The largest absolute Gasteiger partial charge is 0.324 e. The van der Waals surface area contributed by atoms with Crippen molar-refractivity contribution in [2.75, 3.05) is 11.9 Å². The van der Waals surface area contributed by atoms with E-state index in [0.29, 0.717) is 0 Å². The van der Waals surface area contributed by atoms with Gasteiger partial charge in [-0.2, -0.15) is 0 Å². The second kappa shape index (κ2) is 5.85. The van der Waals surface area contributed by atoms with Gasteiger partial charge in [0.15, 0.2) is 0 Å². The van der Waals surface area contributed by atoms with Crippen LogP contribution in [0.5, 0.6) is 0 Å². The predicted octanol–water partition coefficient (Wildman–Crippen LogP) is 3.15. The lowest BCUT2D eigenvalue weighted by Gasteiger charge is -2.23. The Balaban J connectivity index is 2.11. The van der Waals surface area contributed by atoms with Crippen LogP contribution in [0.2, 0.25) is 0 Å². The van der Waals surface area contributed by atoms with Crippen molar-refractivity contribution in [3.8, 4) is 0 Å².